The topological polar surface area (TPSA) is 78.9 Å². The van der Waals surface area contributed by atoms with Gasteiger partial charge in [0.2, 0.25) is 0 Å². The van der Waals surface area contributed by atoms with Crippen LogP contribution in [0.3, 0.4) is 0 Å². The predicted octanol–water partition coefficient (Wildman–Crippen LogP) is 24.7. The first kappa shape index (κ1) is 78.1. The van der Waals surface area contributed by atoms with E-state index < -0.39 is 6.10 Å². The summed E-state index contributed by atoms with van der Waals surface area (Å²) in [7, 11) is 0. The molecule has 0 spiro atoms. The molecule has 81 heavy (non-hydrogen) atoms. The van der Waals surface area contributed by atoms with Crippen molar-refractivity contribution in [3.63, 3.8) is 0 Å². The zero-order valence-electron chi connectivity index (χ0n) is 54.3. The molecular weight excluding hydrogens is 997 g/mol. The van der Waals surface area contributed by atoms with Gasteiger partial charge in [-0.1, -0.05) is 358 Å². The van der Waals surface area contributed by atoms with Gasteiger partial charge in [0.25, 0.3) is 0 Å². The Hall–Kier alpha value is -2.89. The first-order chi connectivity index (χ1) is 40.0. The molecule has 0 heterocycles. The molecule has 0 rings (SSSR count). The highest BCUT2D eigenvalue weighted by molar-refractivity contribution is 5.71. The van der Waals surface area contributed by atoms with E-state index in [9.17, 15) is 14.4 Å². The molecule has 0 radical (unpaired) electrons. The van der Waals surface area contributed by atoms with Gasteiger partial charge in [0.1, 0.15) is 13.2 Å². The number of allylic oxidation sites excluding steroid dienone is 10. The quantitative estimate of drug-likeness (QED) is 0.0261. The van der Waals surface area contributed by atoms with Gasteiger partial charge >= 0.3 is 17.9 Å². The molecule has 0 aliphatic heterocycles. The molecule has 0 fully saturated rings. The van der Waals surface area contributed by atoms with Gasteiger partial charge in [-0.05, 0) is 64.2 Å². The minimum atomic E-state index is -0.782. The van der Waals surface area contributed by atoms with Crippen molar-refractivity contribution in [2.75, 3.05) is 13.2 Å². The molecule has 0 aliphatic carbocycles. The zero-order chi connectivity index (χ0) is 58.5. The van der Waals surface area contributed by atoms with Gasteiger partial charge in [-0.3, -0.25) is 14.4 Å². The number of esters is 3. The SMILES string of the molecule is CC/C=C\C/C=C\C/C=C\C/C=C\C/C=C\CCCCCCCC(=O)OC(COC(=O)CCCCCCCCCC)COC(=O)CCCCCCCCCCCCCCCCCCCCCCCCCCCCCCCCCCCC. The van der Waals surface area contributed by atoms with Crippen LogP contribution >= 0.6 is 0 Å². The van der Waals surface area contributed by atoms with Gasteiger partial charge in [-0.25, -0.2) is 0 Å². The molecule has 0 amide bonds. The average Bonchev–Trinajstić information content (AvgIpc) is 3.47. The Morgan fingerprint density at radius 2 is 0.481 bits per heavy atom. The van der Waals surface area contributed by atoms with Crippen LogP contribution < -0.4 is 0 Å². The number of carbonyl (C=O) groups is 3. The first-order valence-corrected chi connectivity index (χ1v) is 35.8. The summed E-state index contributed by atoms with van der Waals surface area (Å²) < 4.78 is 16.9. The summed E-state index contributed by atoms with van der Waals surface area (Å²) in [4.78, 5) is 38.2. The van der Waals surface area contributed by atoms with Crippen molar-refractivity contribution in [2.24, 2.45) is 0 Å². The van der Waals surface area contributed by atoms with Crippen molar-refractivity contribution in [3.05, 3.63) is 60.8 Å². The Morgan fingerprint density at radius 3 is 0.753 bits per heavy atom. The van der Waals surface area contributed by atoms with Crippen molar-refractivity contribution >= 4 is 17.9 Å². The molecule has 1 unspecified atom stereocenters. The molecule has 0 aliphatic rings. The van der Waals surface area contributed by atoms with Crippen LogP contribution in [0.25, 0.3) is 0 Å². The fourth-order valence-corrected chi connectivity index (χ4v) is 10.7. The lowest BCUT2D eigenvalue weighted by molar-refractivity contribution is -0.167. The van der Waals surface area contributed by atoms with Crippen LogP contribution in [0.5, 0.6) is 0 Å². The number of unbranched alkanes of at least 4 members (excludes halogenated alkanes) is 45. The number of ether oxygens (including phenoxy) is 3. The van der Waals surface area contributed by atoms with E-state index >= 15 is 0 Å². The van der Waals surface area contributed by atoms with Crippen LogP contribution in [0.4, 0.5) is 0 Å². The Labute approximate surface area is 504 Å². The lowest BCUT2D eigenvalue weighted by Crippen LogP contribution is -2.30. The number of hydrogen-bond acceptors (Lipinski definition) is 6. The van der Waals surface area contributed by atoms with Gasteiger partial charge in [0.15, 0.2) is 6.10 Å². The van der Waals surface area contributed by atoms with Crippen molar-refractivity contribution in [1.82, 2.24) is 0 Å². The second-order valence-corrected chi connectivity index (χ2v) is 24.1. The highest BCUT2D eigenvalue weighted by atomic mass is 16.6. The third-order valence-corrected chi connectivity index (χ3v) is 16.0. The Kier molecular flexibility index (Phi) is 67.1. The summed E-state index contributed by atoms with van der Waals surface area (Å²) in [5.74, 6) is -0.883. The van der Waals surface area contributed by atoms with Gasteiger partial charge in [-0.2, -0.15) is 0 Å². The zero-order valence-corrected chi connectivity index (χ0v) is 54.3. The molecule has 472 valence electrons. The van der Waals surface area contributed by atoms with Crippen LogP contribution in [0, 0.1) is 0 Å². The summed E-state index contributed by atoms with van der Waals surface area (Å²) in [6, 6.07) is 0. The lowest BCUT2D eigenvalue weighted by atomic mass is 10.0. The Bertz CT molecular complexity index is 1440. The van der Waals surface area contributed by atoms with Crippen molar-refractivity contribution in [3.8, 4) is 0 Å². The van der Waals surface area contributed by atoms with E-state index in [4.69, 9.17) is 14.2 Å². The second-order valence-electron chi connectivity index (χ2n) is 24.1. The summed E-state index contributed by atoms with van der Waals surface area (Å²) in [6.07, 6.45) is 90.1. The Balaban J connectivity index is 4.02. The summed E-state index contributed by atoms with van der Waals surface area (Å²) in [6.45, 7) is 6.53. The average molecular weight is 1130 g/mol. The number of hydrogen-bond donors (Lipinski definition) is 0. The van der Waals surface area contributed by atoms with Gasteiger partial charge < -0.3 is 14.2 Å². The highest BCUT2D eigenvalue weighted by Gasteiger charge is 2.19. The lowest BCUT2D eigenvalue weighted by Gasteiger charge is -2.18. The second kappa shape index (κ2) is 69.6. The molecule has 0 bridgehead atoms. The van der Waals surface area contributed by atoms with E-state index in [-0.39, 0.29) is 31.1 Å². The maximum Gasteiger partial charge on any atom is 0.306 e. The van der Waals surface area contributed by atoms with Crippen LogP contribution in [0.1, 0.15) is 380 Å². The number of rotatable bonds is 66. The fourth-order valence-electron chi connectivity index (χ4n) is 10.7. The molecule has 0 aromatic carbocycles. The minimum absolute atomic E-state index is 0.0783. The molecule has 0 N–H and O–H groups in total. The highest BCUT2D eigenvalue weighted by Crippen LogP contribution is 2.19. The van der Waals surface area contributed by atoms with E-state index in [2.05, 4.69) is 81.5 Å². The van der Waals surface area contributed by atoms with E-state index in [1.807, 2.05) is 0 Å². The minimum Gasteiger partial charge on any atom is -0.462 e. The van der Waals surface area contributed by atoms with E-state index in [0.29, 0.717) is 19.3 Å². The van der Waals surface area contributed by atoms with Gasteiger partial charge in [-0.15, -0.1) is 0 Å². The Morgan fingerprint density at radius 1 is 0.259 bits per heavy atom. The molecular formula is C75H136O6. The van der Waals surface area contributed by atoms with Crippen LogP contribution in [-0.2, 0) is 28.6 Å². The van der Waals surface area contributed by atoms with Gasteiger partial charge in [0.05, 0.1) is 0 Å². The molecule has 6 nitrogen and oxygen atoms in total. The number of carbonyl (C=O) groups excluding carboxylic acids is 3. The smallest absolute Gasteiger partial charge is 0.306 e. The summed E-state index contributed by atoms with van der Waals surface area (Å²) in [5.41, 5.74) is 0. The van der Waals surface area contributed by atoms with Crippen LogP contribution in [-0.4, -0.2) is 37.2 Å². The maximum atomic E-state index is 12.9. The maximum absolute atomic E-state index is 12.9. The monoisotopic (exact) mass is 1130 g/mol. The van der Waals surface area contributed by atoms with E-state index in [0.717, 1.165) is 109 Å². The molecule has 0 saturated carbocycles. The molecule has 0 aromatic heterocycles. The molecule has 6 heteroatoms. The normalized spacial score (nSPS) is 12.4. The molecule has 0 saturated heterocycles. The third kappa shape index (κ3) is 67.8. The van der Waals surface area contributed by atoms with Gasteiger partial charge in [0, 0.05) is 19.3 Å². The molecule has 1 atom stereocenters. The first-order valence-electron chi connectivity index (χ1n) is 35.8. The van der Waals surface area contributed by atoms with Crippen molar-refractivity contribution < 1.29 is 28.6 Å². The standard InChI is InChI=1S/C75H136O6/c1-4-7-10-13-16-19-21-23-25-27-29-31-32-33-34-35-36-37-38-39-40-41-42-43-45-46-48-50-52-54-56-59-62-65-68-74(77)80-71-72(70-79-73(76)67-64-61-58-18-15-12-9-6-3)81-75(78)69-66-63-60-57-55-53-51-49-47-44-30-28-26-24-22-20-17-14-11-8-5-2/h8,11,17,20,24,26,30,44,49,51,72H,4-7,9-10,12-16,18-19,21-23,25,27-29,31-43,45-48,50,52-71H2,1-3H3/b11-8-,20-17-,26-24-,44-30-,51-49-. The van der Waals surface area contributed by atoms with Crippen LogP contribution in [0.15, 0.2) is 60.8 Å². The fraction of sp³-hybridized carbons (Fsp3) is 0.827. The van der Waals surface area contributed by atoms with Crippen molar-refractivity contribution in [2.45, 2.75) is 386 Å². The summed E-state index contributed by atoms with van der Waals surface area (Å²) in [5, 5.41) is 0. The van der Waals surface area contributed by atoms with E-state index in [1.54, 1.807) is 0 Å². The predicted molar refractivity (Wildman–Crippen MR) is 353 cm³/mol. The largest absolute Gasteiger partial charge is 0.462 e. The van der Waals surface area contributed by atoms with Crippen LogP contribution in [0.2, 0.25) is 0 Å². The van der Waals surface area contributed by atoms with E-state index in [1.165, 1.54) is 231 Å². The third-order valence-electron chi connectivity index (χ3n) is 16.0. The molecule has 0 aromatic rings. The summed E-state index contributed by atoms with van der Waals surface area (Å²) >= 11 is 0. The van der Waals surface area contributed by atoms with Crippen molar-refractivity contribution in [1.29, 1.82) is 0 Å².